The number of aliphatic hydroxyl groups excluding tert-OH is 2. The smallest absolute Gasteiger partial charge is 0.317 e. The Labute approximate surface area is 229 Å². The predicted octanol–water partition coefficient (Wildman–Crippen LogP) is -1.74. The molecular formula is C26H43N5O8. The fraction of sp³-hybridized carbons (Fsp3) is 0.885. The average molecular weight is 554 g/mol. The summed E-state index contributed by atoms with van der Waals surface area (Å²) < 4.78 is 17.5. The van der Waals surface area contributed by atoms with Gasteiger partial charge >= 0.3 is 6.03 Å². The molecule has 7 atom stereocenters. The van der Waals surface area contributed by atoms with Crippen molar-refractivity contribution in [2.45, 2.75) is 94.2 Å². The van der Waals surface area contributed by atoms with Crippen molar-refractivity contribution in [1.29, 1.82) is 0 Å². The van der Waals surface area contributed by atoms with Crippen LogP contribution < -0.4 is 10.6 Å². The maximum Gasteiger partial charge on any atom is 0.317 e. The van der Waals surface area contributed by atoms with Crippen molar-refractivity contribution >= 4 is 17.8 Å². The Morgan fingerprint density at radius 3 is 2.51 bits per heavy atom. The molecule has 0 aromatic heterocycles. The highest BCUT2D eigenvalue weighted by Gasteiger charge is 2.47. The first-order valence-corrected chi connectivity index (χ1v) is 14.3. The molecule has 5 aliphatic rings. The Hall–Kier alpha value is -2.03. The average Bonchev–Trinajstić information content (AvgIpc) is 3.44. The lowest BCUT2D eigenvalue weighted by molar-refractivity contribution is -0.145. The Morgan fingerprint density at radius 1 is 1.03 bits per heavy atom. The Bertz CT molecular complexity index is 902. The van der Waals surface area contributed by atoms with Gasteiger partial charge in [0.25, 0.3) is 0 Å². The Kier molecular flexibility index (Phi) is 8.94. The highest BCUT2D eigenvalue weighted by molar-refractivity contribution is 5.83. The summed E-state index contributed by atoms with van der Waals surface area (Å²) >= 11 is 0. The summed E-state index contributed by atoms with van der Waals surface area (Å²) in [6.07, 6.45) is -2.67. The number of hydrogen-bond donors (Lipinski definition) is 4. The van der Waals surface area contributed by atoms with Crippen molar-refractivity contribution in [3.05, 3.63) is 0 Å². The first-order chi connectivity index (χ1) is 18.7. The summed E-state index contributed by atoms with van der Waals surface area (Å²) in [6, 6.07) is -0.863. The zero-order valence-corrected chi connectivity index (χ0v) is 22.9. The summed E-state index contributed by atoms with van der Waals surface area (Å²) in [5.41, 5.74) is 0. The van der Waals surface area contributed by atoms with E-state index in [0.717, 1.165) is 12.8 Å². The van der Waals surface area contributed by atoms with E-state index < -0.39 is 30.5 Å². The van der Waals surface area contributed by atoms with Gasteiger partial charge in [-0.15, -0.1) is 0 Å². The molecule has 5 aliphatic heterocycles. The van der Waals surface area contributed by atoms with Crippen LogP contribution >= 0.6 is 0 Å². The number of carbonyl (C=O) groups excluding carboxylic acids is 3. The highest BCUT2D eigenvalue weighted by atomic mass is 16.5. The summed E-state index contributed by atoms with van der Waals surface area (Å²) in [6.45, 7) is 6.89. The molecule has 0 unspecified atom stereocenters. The molecule has 0 aromatic rings. The third kappa shape index (κ3) is 6.49. The summed E-state index contributed by atoms with van der Waals surface area (Å²) in [4.78, 5) is 45.6. The van der Waals surface area contributed by atoms with Gasteiger partial charge in [0, 0.05) is 51.0 Å². The Balaban J connectivity index is 1.41. The monoisotopic (exact) mass is 553 g/mol. The normalized spacial score (nSPS) is 37.3. The van der Waals surface area contributed by atoms with E-state index in [4.69, 9.17) is 14.2 Å². The van der Waals surface area contributed by atoms with Crippen molar-refractivity contribution in [2.75, 3.05) is 52.5 Å². The molecule has 13 nitrogen and oxygen atoms in total. The SMILES string of the molecule is CC(C)NC(=O)N1C[C@@H]2CN(CCO2)C(=O)[C@@H]2C[C@@H](CN2C2CCOCC2)NC(=O)C[C@@H]2O[C@H](C1)[C@@H](O)[C@H]2O. The summed E-state index contributed by atoms with van der Waals surface area (Å²) in [5, 5.41) is 27.3. The number of amides is 4. The van der Waals surface area contributed by atoms with E-state index in [1.807, 2.05) is 18.7 Å². The van der Waals surface area contributed by atoms with Gasteiger partial charge in [0.2, 0.25) is 11.8 Å². The largest absolute Gasteiger partial charge is 0.388 e. The van der Waals surface area contributed by atoms with Gasteiger partial charge in [-0.05, 0) is 33.1 Å². The third-order valence-electron chi connectivity index (χ3n) is 8.47. The van der Waals surface area contributed by atoms with Gasteiger partial charge in [-0.3, -0.25) is 14.5 Å². The Morgan fingerprint density at radius 2 is 1.77 bits per heavy atom. The molecule has 0 aromatic carbocycles. The van der Waals surface area contributed by atoms with Gasteiger partial charge < -0.3 is 44.9 Å². The lowest BCUT2D eigenvalue weighted by atomic mass is 10.0. The van der Waals surface area contributed by atoms with E-state index in [1.54, 1.807) is 0 Å². The second kappa shape index (κ2) is 12.2. The number of nitrogens with zero attached hydrogens (tertiary/aromatic N) is 3. The molecule has 0 spiro atoms. The molecular weight excluding hydrogens is 510 g/mol. The van der Waals surface area contributed by atoms with Crippen molar-refractivity contribution < 1.29 is 38.8 Å². The van der Waals surface area contributed by atoms with Crippen LogP contribution in [0.3, 0.4) is 0 Å². The molecule has 5 fully saturated rings. The zero-order valence-electron chi connectivity index (χ0n) is 22.9. The van der Waals surface area contributed by atoms with Crippen LogP contribution in [0.5, 0.6) is 0 Å². The van der Waals surface area contributed by atoms with Crippen molar-refractivity contribution in [2.24, 2.45) is 0 Å². The van der Waals surface area contributed by atoms with Crippen LogP contribution in [-0.2, 0) is 23.8 Å². The second-order valence-electron chi connectivity index (χ2n) is 11.7. The molecule has 13 heteroatoms. The molecule has 0 aliphatic carbocycles. The number of nitrogens with one attached hydrogen (secondary N) is 2. The minimum absolute atomic E-state index is 0.00544. The molecule has 6 bridgehead atoms. The number of rotatable bonds is 2. The number of aliphatic hydroxyl groups is 2. The van der Waals surface area contributed by atoms with E-state index in [2.05, 4.69) is 15.5 Å². The molecule has 0 saturated carbocycles. The van der Waals surface area contributed by atoms with Crippen LogP contribution in [0.25, 0.3) is 0 Å². The van der Waals surface area contributed by atoms with Crippen molar-refractivity contribution in [1.82, 2.24) is 25.3 Å². The lowest BCUT2D eigenvalue weighted by Gasteiger charge is -2.40. The van der Waals surface area contributed by atoms with Crippen LogP contribution in [0.15, 0.2) is 0 Å². The fourth-order valence-corrected chi connectivity index (χ4v) is 6.53. The molecule has 39 heavy (non-hydrogen) atoms. The van der Waals surface area contributed by atoms with E-state index in [1.165, 1.54) is 4.90 Å². The van der Waals surface area contributed by atoms with Gasteiger partial charge in [-0.2, -0.15) is 0 Å². The number of urea groups is 1. The predicted molar refractivity (Wildman–Crippen MR) is 138 cm³/mol. The third-order valence-corrected chi connectivity index (χ3v) is 8.47. The summed E-state index contributed by atoms with van der Waals surface area (Å²) in [5.74, 6) is -0.282. The summed E-state index contributed by atoms with van der Waals surface area (Å²) in [7, 11) is 0. The molecule has 5 rings (SSSR count). The maximum atomic E-state index is 13.9. The first kappa shape index (κ1) is 28.5. The van der Waals surface area contributed by atoms with Gasteiger partial charge in [0.1, 0.15) is 18.3 Å². The van der Waals surface area contributed by atoms with Gasteiger partial charge in [0.05, 0.1) is 44.4 Å². The number of hydrogen-bond acceptors (Lipinski definition) is 9. The lowest BCUT2D eigenvalue weighted by Crippen LogP contribution is -2.57. The zero-order chi connectivity index (χ0) is 27.7. The van der Waals surface area contributed by atoms with Crippen LogP contribution in [-0.4, -0.2) is 150 Å². The van der Waals surface area contributed by atoms with Gasteiger partial charge in [0.15, 0.2) is 0 Å². The maximum absolute atomic E-state index is 13.9. The van der Waals surface area contributed by atoms with Crippen LogP contribution in [0.4, 0.5) is 4.79 Å². The minimum atomic E-state index is -1.26. The van der Waals surface area contributed by atoms with E-state index >= 15 is 0 Å². The van der Waals surface area contributed by atoms with E-state index in [9.17, 15) is 24.6 Å². The number of likely N-dealkylation sites (tertiary alicyclic amines) is 1. The molecule has 0 radical (unpaired) electrons. The number of morpholine rings is 1. The topological polar surface area (TPSA) is 153 Å². The standard InChI is InChI=1S/C26H43N5O8/c1-15(2)27-26(36)30-13-18-12-29(5-8-38-18)25(35)19-9-16(11-31(19)17-3-6-37-7-4-17)28-22(32)10-20-23(33)24(34)21(14-30)39-20/h15-21,23-24,33-34H,3-14H2,1-2H3,(H,27,36)(H,28,32)/t16-,18-,19-,20-,21+,23-,24+/m0/s1. The number of fused-ring (bicyclic) bond motifs is 6. The van der Waals surface area contributed by atoms with Gasteiger partial charge in [-0.25, -0.2) is 4.79 Å². The van der Waals surface area contributed by atoms with Crippen LogP contribution in [0, 0.1) is 0 Å². The molecule has 4 amide bonds. The van der Waals surface area contributed by atoms with Gasteiger partial charge in [-0.1, -0.05) is 0 Å². The van der Waals surface area contributed by atoms with Crippen LogP contribution in [0.2, 0.25) is 0 Å². The van der Waals surface area contributed by atoms with E-state index in [0.29, 0.717) is 45.9 Å². The van der Waals surface area contributed by atoms with Crippen molar-refractivity contribution in [3.8, 4) is 0 Å². The number of ether oxygens (including phenoxy) is 3. The van der Waals surface area contributed by atoms with E-state index in [-0.39, 0.29) is 61.5 Å². The molecule has 5 saturated heterocycles. The minimum Gasteiger partial charge on any atom is -0.388 e. The molecule has 5 heterocycles. The quantitative estimate of drug-likeness (QED) is 0.312. The fourth-order valence-electron chi connectivity index (χ4n) is 6.53. The highest BCUT2D eigenvalue weighted by Crippen LogP contribution is 2.29. The first-order valence-electron chi connectivity index (χ1n) is 14.3. The molecule has 220 valence electrons. The van der Waals surface area contributed by atoms with Crippen LogP contribution in [0.1, 0.15) is 39.5 Å². The second-order valence-corrected chi connectivity index (χ2v) is 11.7. The van der Waals surface area contributed by atoms with Crippen molar-refractivity contribution in [3.63, 3.8) is 0 Å². The number of carbonyl (C=O) groups is 3. The molecule has 4 N–H and O–H groups in total.